The van der Waals surface area contributed by atoms with Crippen LogP contribution in [0.25, 0.3) is 11.1 Å². The summed E-state index contributed by atoms with van der Waals surface area (Å²) < 4.78 is 5.16. The molecule has 60 valence electrons. The van der Waals surface area contributed by atoms with E-state index in [-0.39, 0.29) is 0 Å². The summed E-state index contributed by atoms with van der Waals surface area (Å²) in [4.78, 5) is 14.8. The smallest absolute Gasteiger partial charge is 0.265 e. The van der Waals surface area contributed by atoms with Gasteiger partial charge in [0, 0.05) is 21.5 Å². The van der Waals surface area contributed by atoms with E-state index >= 15 is 0 Å². The highest BCUT2D eigenvalue weighted by molar-refractivity contribution is 9.10. The Bertz CT molecular complexity index is 436. The molecular formula is C8H4BrNO2. The average molecular weight is 226 g/mol. The van der Waals surface area contributed by atoms with Crippen LogP contribution in [0.3, 0.4) is 0 Å². The van der Waals surface area contributed by atoms with Gasteiger partial charge in [-0.15, -0.1) is 0 Å². The number of fused-ring (bicyclic) bond motifs is 1. The van der Waals surface area contributed by atoms with Crippen molar-refractivity contribution < 1.29 is 9.21 Å². The van der Waals surface area contributed by atoms with Crippen LogP contribution in [0.2, 0.25) is 0 Å². The Morgan fingerprint density at radius 3 is 3.08 bits per heavy atom. The molecule has 0 radical (unpaired) electrons. The summed E-state index contributed by atoms with van der Waals surface area (Å²) in [5, 5.41) is 0. The standard InChI is InChI=1S/C8H4BrNO2/c9-8-10-6-2-1-5(4-11)3-7(6)12-8/h1-4H. The van der Waals surface area contributed by atoms with Crippen molar-refractivity contribution in [2.24, 2.45) is 0 Å². The number of aldehydes is 1. The minimum atomic E-state index is 0.431. The van der Waals surface area contributed by atoms with Crippen LogP contribution in [0.5, 0.6) is 0 Å². The summed E-state index contributed by atoms with van der Waals surface area (Å²) in [5.41, 5.74) is 1.95. The van der Waals surface area contributed by atoms with Gasteiger partial charge >= 0.3 is 0 Å². The van der Waals surface area contributed by atoms with Crippen LogP contribution < -0.4 is 0 Å². The summed E-state index contributed by atoms with van der Waals surface area (Å²) in [6, 6.07) is 5.09. The number of hydrogen-bond donors (Lipinski definition) is 0. The molecule has 0 amide bonds. The summed E-state index contributed by atoms with van der Waals surface area (Å²) in [5.74, 6) is 0. The van der Waals surface area contributed by atoms with E-state index in [9.17, 15) is 4.79 Å². The molecule has 0 saturated carbocycles. The number of aromatic nitrogens is 1. The van der Waals surface area contributed by atoms with Crippen molar-refractivity contribution in [3.05, 3.63) is 28.6 Å². The van der Waals surface area contributed by atoms with Crippen molar-refractivity contribution in [2.75, 3.05) is 0 Å². The number of benzene rings is 1. The fraction of sp³-hybridized carbons (Fsp3) is 0. The lowest BCUT2D eigenvalue weighted by atomic mass is 10.2. The maximum absolute atomic E-state index is 10.4. The zero-order valence-electron chi connectivity index (χ0n) is 5.95. The summed E-state index contributed by atoms with van der Waals surface area (Å²) in [6.45, 7) is 0. The third-order valence-electron chi connectivity index (χ3n) is 1.52. The molecule has 0 unspecified atom stereocenters. The minimum Gasteiger partial charge on any atom is -0.431 e. The van der Waals surface area contributed by atoms with Crippen molar-refractivity contribution in [1.82, 2.24) is 4.98 Å². The van der Waals surface area contributed by atoms with E-state index in [4.69, 9.17) is 4.42 Å². The molecule has 2 rings (SSSR count). The summed E-state index contributed by atoms with van der Waals surface area (Å²) >= 11 is 3.10. The number of nitrogens with zero attached hydrogens (tertiary/aromatic N) is 1. The van der Waals surface area contributed by atoms with E-state index in [0.29, 0.717) is 15.9 Å². The third-order valence-corrected chi connectivity index (χ3v) is 1.86. The van der Waals surface area contributed by atoms with E-state index in [1.165, 1.54) is 0 Å². The Balaban J connectivity index is 2.74. The Labute approximate surface area is 76.5 Å². The van der Waals surface area contributed by atoms with Crippen LogP contribution in [0.15, 0.2) is 27.4 Å². The molecule has 0 atom stereocenters. The molecule has 3 nitrogen and oxygen atoms in total. The second-order valence-corrected chi connectivity index (χ2v) is 2.99. The molecule has 0 aliphatic carbocycles. The zero-order valence-corrected chi connectivity index (χ0v) is 7.54. The molecule has 0 fully saturated rings. The molecule has 2 aromatic rings. The lowest BCUT2D eigenvalue weighted by Crippen LogP contribution is -1.76. The van der Waals surface area contributed by atoms with Gasteiger partial charge in [-0.05, 0) is 18.2 Å². The molecule has 4 heteroatoms. The van der Waals surface area contributed by atoms with Crippen molar-refractivity contribution in [2.45, 2.75) is 0 Å². The topological polar surface area (TPSA) is 43.1 Å². The van der Waals surface area contributed by atoms with Gasteiger partial charge in [0.1, 0.15) is 11.8 Å². The number of carbonyl (C=O) groups is 1. The van der Waals surface area contributed by atoms with Gasteiger partial charge in [0.2, 0.25) is 0 Å². The fourth-order valence-corrected chi connectivity index (χ4v) is 1.35. The molecule has 12 heavy (non-hydrogen) atoms. The monoisotopic (exact) mass is 225 g/mol. The zero-order chi connectivity index (χ0) is 8.55. The SMILES string of the molecule is O=Cc1ccc2nc(Br)oc2c1. The first-order valence-corrected chi connectivity index (χ1v) is 4.10. The number of oxazole rings is 1. The molecule has 0 spiro atoms. The van der Waals surface area contributed by atoms with E-state index < -0.39 is 0 Å². The third kappa shape index (κ3) is 1.14. The van der Waals surface area contributed by atoms with Crippen molar-refractivity contribution in [3.63, 3.8) is 0 Å². The molecular weight excluding hydrogens is 222 g/mol. The maximum atomic E-state index is 10.4. The lowest BCUT2D eigenvalue weighted by Gasteiger charge is -1.86. The Morgan fingerprint density at radius 1 is 1.50 bits per heavy atom. The highest BCUT2D eigenvalue weighted by Gasteiger charge is 2.02. The van der Waals surface area contributed by atoms with Gasteiger partial charge < -0.3 is 4.42 Å². The van der Waals surface area contributed by atoms with Gasteiger partial charge in [-0.25, -0.2) is 4.98 Å². The quantitative estimate of drug-likeness (QED) is 0.701. The molecule has 0 aliphatic rings. The van der Waals surface area contributed by atoms with Crippen LogP contribution in [-0.4, -0.2) is 11.3 Å². The molecule has 1 aromatic heterocycles. The van der Waals surface area contributed by atoms with Gasteiger partial charge in [0.05, 0.1) is 0 Å². The van der Waals surface area contributed by atoms with Crippen molar-refractivity contribution in [1.29, 1.82) is 0 Å². The summed E-state index contributed by atoms with van der Waals surface area (Å²) in [6.07, 6.45) is 0.774. The Morgan fingerprint density at radius 2 is 2.33 bits per heavy atom. The van der Waals surface area contributed by atoms with Crippen LogP contribution in [0.4, 0.5) is 0 Å². The first-order chi connectivity index (χ1) is 5.79. The molecule has 0 bridgehead atoms. The Kier molecular flexibility index (Phi) is 1.69. The van der Waals surface area contributed by atoms with Crippen molar-refractivity contribution >= 4 is 33.3 Å². The molecule has 0 N–H and O–H groups in total. The summed E-state index contributed by atoms with van der Waals surface area (Å²) in [7, 11) is 0. The first-order valence-electron chi connectivity index (χ1n) is 3.31. The van der Waals surface area contributed by atoms with Gasteiger partial charge in [-0.1, -0.05) is 0 Å². The second kappa shape index (κ2) is 2.71. The number of hydrogen-bond acceptors (Lipinski definition) is 3. The van der Waals surface area contributed by atoms with Crippen LogP contribution in [-0.2, 0) is 0 Å². The number of carbonyl (C=O) groups excluding carboxylic acids is 1. The maximum Gasteiger partial charge on any atom is 0.265 e. The average Bonchev–Trinajstić information content (AvgIpc) is 2.43. The predicted octanol–water partition coefficient (Wildman–Crippen LogP) is 2.40. The molecule has 1 heterocycles. The van der Waals surface area contributed by atoms with E-state index in [0.717, 1.165) is 11.8 Å². The van der Waals surface area contributed by atoms with Gasteiger partial charge in [0.15, 0.2) is 5.58 Å². The van der Waals surface area contributed by atoms with Gasteiger partial charge in [-0.2, -0.15) is 0 Å². The van der Waals surface area contributed by atoms with Crippen LogP contribution in [0, 0.1) is 0 Å². The van der Waals surface area contributed by atoms with Gasteiger partial charge in [0.25, 0.3) is 4.80 Å². The normalized spacial score (nSPS) is 10.4. The highest BCUT2D eigenvalue weighted by atomic mass is 79.9. The van der Waals surface area contributed by atoms with Gasteiger partial charge in [-0.3, -0.25) is 4.79 Å². The van der Waals surface area contributed by atoms with Crippen molar-refractivity contribution in [3.8, 4) is 0 Å². The number of halogens is 1. The van der Waals surface area contributed by atoms with Crippen LogP contribution in [0.1, 0.15) is 10.4 Å². The van der Waals surface area contributed by atoms with Crippen LogP contribution >= 0.6 is 15.9 Å². The predicted molar refractivity (Wildman–Crippen MR) is 47.1 cm³/mol. The first kappa shape index (κ1) is 7.49. The van der Waals surface area contributed by atoms with E-state index in [2.05, 4.69) is 20.9 Å². The highest BCUT2D eigenvalue weighted by Crippen LogP contribution is 2.19. The van der Waals surface area contributed by atoms with E-state index in [1.54, 1.807) is 18.2 Å². The van der Waals surface area contributed by atoms with E-state index in [1.807, 2.05) is 0 Å². The number of rotatable bonds is 1. The lowest BCUT2D eigenvalue weighted by molar-refractivity contribution is 0.112. The molecule has 1 aromatic carbocycles. The molecule has 0 saturated heterocycles. The second-order valence-electron chi connectivity index (χ2n) is 2.31. The largest absolute Gasteiger partial charge is 0.431 e. The Hall–Kier alpha value is -1.16. The molecule has 0 aliphatic heterocycles. The minimum absolute atomic E-state index is 0.431. The fourth-order valence-electron chi connectivity index (χ4n) is 0.986.